The minimum Gasteiger partial charge on any atom is -0.497 e. The lowest BCUT2D eigenvalue weighted by Gasteiger charge is -2.10. The zero-order valence-corrected chi connectivity index (χ0v) is 10.7. The van der Waals surface area contributed by atoms with Crippen molar-refractivity contribution in [3.8, 4) is 11.4 Å². The summed E-state index contributed by atoms with van der Waals surface area (Å²) in [5.41, 5.74) is 1.52. The van der Waals surface area contributed by atoms with Gasteiger partial charge in [-0.05, 0) is 37.7 Å². The van der Waals surface area contributed by atoms with Crippen molar-refractivity contribution in [3.05, 3.63) is 40.1 Å². The second-order valence-corrected chi connectivity index (χ2v) is 3.96. The highest BCUT2D eigenvalue weighted by Crippen LogP contribution is 2.19. The number of aromatic nitrogens is 3. The Morgan fingerprint density at radius 3 is 2.89 bits per heavy atom. The molecule has 0 fully saturated rings. The molecule has 1 heterocycles. The predicted molar refractivity (Wildman–Crippen MR) is 68.2 cm³/mol. The molecule has 2 aromatic rings. The number of benzene rings is 1. The molecule has 0 saturated carbocycles. The van der Waals surface area contributed by atoms with Gasteiger partial charge in [-0.25, -0.2) is 14.5 Å². The molecule has 2 rings (SSSR count). The van der Waals surface area contributed by atoms with Gasteiger partial charge in [0.15, 0.2) is 5.82 Å². The molecule has 0 aliphatic rings. The third kappa shape index (κ3) is 2.14. The average Bonchev–Trinajstić information content (AvgIpc) is 2.71. The van der Waals surface area contributed by atoms with Crippen LogP contribution < -0.4 is 15.7 Å². The number of rotatable bonds is 4. The Bertz CT molecular complexity index is 600. The van der Waals surface area contributed by atoms with Crippen molar-refractivity contribution < 1.29 is 4.74 Å². The van der Waals surface area contributed by atoms with Gasteiger partial charge in [-0.1, -0.05) is 0 Å². The molecule has 0 saturated heterocycles. The summed E-state index contributed by atoms with van der Waals surface area (Å²) >= 11 is 0. The highest BCUT2D eigenvalue weighted by Gasteiger charge is 2.11. The summed E-state index contributed by atoms with van der Waals surface area (Å²) in [6.45, 7) is 2.45. The standard InChI is InChI=1S/C12H16N4O2/c1-8-6-9(18-3)4-5-10(8)16-11(7-13-2)14-15-12(16)17/h4-6,13H,7H2,1-3H3,(H,15,17). The smallest absolute Gasteiger partial charge is 0.347 e. The van der Waals surface area contributed by atoms with Gasteiger partial charge >= 0.3 is 5.69 Å². The minimum absolute atomic E-state index is 0.242. The fourth-order valence-corrected chi connectivity index (χ4v) is 1.86. The summed E-state index contributed by atoms with van der Waals surface area (Å²) in [6.07, 6.45) is 0. The lowest BCUT2D eigenvalue weighted by Crippen LogP contribution is -2.20. The first kappa shape index (κ1) is 12.4. The first-order chi connectivity index (χ1) is 8.67. The van der Waals surface area contributed by atoms with Gasteiger partial charge in [0.05, 0.1) is 19.3 Å². The molecule has 6 heteroatoms. The van der Waals surface area contributed by atoms with Crippen molar-refractivity contribution in [2.24, 2.45) is 0 Å². The van der Waals surface area contributed by atoms with Gasteiger partial charge in [-0.2, -0.15) is 5.10 Å². The molecular formula is C12H16N4O2. The van der Waals surface area contributed by atoms with E-state index in [2.05, 4.69) is 15.5 Å². The minimum atomic E-state index is -0.242. The summed E-state index contributed by atoms with van der Waals surface area (Å²) in [5, 5.41) is 9.44. The van der Waals surface area contributed by atoms with E-state index >= 15 is 0 Å². The molecule has 0 radical (unpaired) electrons. The molecule has 96 valence electrons. The summed E-state index contributed by atoms with van der Waals surface area (Å²) < 4.78 is 6.71. The van der Waals surface area contributed by atoms with Crippen LogP contribution in [-0.2, 0) is 6.54 Å². The Balaban J connectivity index is 2.54. The molecule has 0 unspecified atom stereocenters. The van der Waals surface area contributed by atoms with Crippen LogP contribution in [0.15, 0.2) is 23.0 Å². The van der Waals surface area contributed by atoms with Crippen molar-refractivity contribution in [2.75, 3.05) is 14.2 Å². The Labute approximate surface area is 105 Å². The van der Waals surface area contributed by atoms with Crippen molar-refractivity contribution in [1.82, 2.24) is 20.1 Å². The Morgan fingerprint density at radius 1 is 1.50 bits per heavy atom. The second kappa shape index (κ2) is 5.05. The van der Waals surface area contributed by atoms with Crippen LogP contribution >= 0.6 is 0 Å². The van der Waals surface area contributed by atoms with Gasteiger partial charge in [0.1, 0.15) is 5.75 Å². The molecule has 6 nitrogen and oxygen atoms in total. The Morgan fingerprint density at radius 2 is 2.28 bits per heavy atom. The van der Waals surface area contributed by atoms with Crippen molar-refractivity contribution in [3.63, 3.8) is 0 Å². The zero-order chi connectivity index (χ0) is 13.1. The van der Waals surface area contributed by atoms with Crippen LogP contribution in [0.3, 0.4) is 0 Å². The largest absolute Gasteiger partial charge is 0.497 e. The molecule has 1 aromatic carbocycles. The molecule has 0 spiro atoms. The molecule has 0 aliphatic heterocycles. The van der Waals surface area contributed by atoms with E-state index < -0.39 is 0 Å². The van der Waals surface area contributed by atoms with Crippen LogP contribution in [0.4, 0.5) is 0 Å². The van der Waals surface area contributed by atoms with Gasteiger partial charge in [0.25, 0.3) is 0 Å². The molecule has 0 aliphatic carbocycles. The van der Waals surface area contributed by atoms with Crippen molar-refractivity contribution in [2.45, 2.75) is 13.5 Å². The lowest BCUT2D eigenvalue weighted by atomic mass is 10.2. The van der Waals surface area contributed by atoms with E-state index in [1.807, 2.05) is 32.2 Å². The summed E-state index contributed by atoms with van der Waals surface area (Å²) in [4.78, 5) is 11.8. The molecular weight excluding hydrogens is 232 g/mol. The summed E-state index contributed by atoms with van der Waals surface area (Å²) in [7, 11) is 3.43. The second-order valence-electron chi connectivity index (χ2n) is 3.96. The maximum absolute atomic E-state index is 11.8. The lowest BCUT2D eigenvalue weighted by molar-refractivity contribution is 0.414. The topological polar surface area (TPSA) is 71.9 Å². The summed E-state index contributed by atoms with van der Waals surface area (Å²) in [5.74, 6) is 1.42. The van der Waals surface area contributed by atoms with E-state index in [1.165, 1.54) is 0 Å². The number of aryl methyl sites for hydroxylation is 1. The third-order valence-corrected chi connectivity index (χ3v) is 2.72. The molecule has 0 atom stereocenters. The maximum Gasteiger partial charge on any atom is 0.347 e. The maximum atomic E-state index is 11.8. The van der Waals surface area contributed by atoms with E-state index in [1.54, 1.807) is 11.7 Å². The van der Waals surface area contributed by atoms with E-state index in [0.717, 1.165) is 17.0 Å². The molecule has 1 aromatic heterocycles. The monoisotopic (exact) mass is 248 g/mol. The first-order valence-electron chi connectivity index (χ1n) is 5.63. The number of H-pyrrole nitrogens is 1. The number of nitrogens with one attached hydrogen (secondary N) is 2. The van der Waals surface area contributed by atoms with Gasteiger partial charge in [0.2, 0.25) is 0 Å². The van der Waals surface area contributed by atoms with Crippen LogP contribution in [0.25, 0.3) is 5.69 Å². The van der Waals surface area contributed by atoms with Crippen LogP contribution in [0.5, 0.6) is 5.75 Å². The molecule has 0 bridgehead atoms. The average molecular weight is 248 g/mol. The van der Waals surface area contributed by atoms with E-state index in [4.69, 9.17) is 4.74 Å². The van der Waals surface area contributed by atoms with Gasteiger partial charge < -0.3 is 10.1 Å². The fourth-order valence-electron chi connectivity index (χ4n) is 1.86. The van der Waals surface area contributed by atoms with Crippen molar-refractivity contribution >= 4 is 0 Å². The fraction of sp³-hybridized carbons (Fsp3) is 0.333. The number of ether oxygens (including phenoxy) is 1. The Hall–Kier alpha value is -2.08. The quantitative estimate of drug-likeness (QED) is 0.831. The van der Waals surface area contributed by atoms with Crippen molar-refractivity contribution in [1.29, 1.82) is 0 Å². The third-order valence-electron chi connectivity index (χ3n) is 2.72. The normalized spacial score (nSPS) is 10.6. The van der Waals surface area contributed by atoms with E-state index in [9.17, 15) is 4.79 Å². The molecule has 0 amide bonds. The van der Waals surface area contributed by atoms with E-state index in [-0.39, 0.29) is 5.69 Å². The van der Waals surface area contributed by atoms with Gasteiger partial charge in [-0.3, -0.25) is 0 Å². The number of hydrogen-bond donors (Lipinski definition) is 2. The van der Waals surface area contributed by atoms with Crippen LogP contribution in [-0.4, -0.2) is 28.9 Å². The van der Waals surface area contributed by atoms with Crippen LogP contribution in [0, 0.1) is 6.92 Å². The molecule has 18 heavy (non-hydrogen) atoms. The highest BCUT2D eigenvalue weighted by molar-refractivity contribution is 5.45. The number of nitrogens with zero attached hydrogens (tertiary/aromatic N) is 2. The van der Waals surface area contributed by atoms with Gasteiger partial charge in [0, 0.05) is 0 Å². The van der Waals surface area contributed by atoms with E-state index in [0.29, 0.717) is 12.4 Å². The molecule has 2 N–H and O–H groups in total. The number of hydrogen-bond acceptors (Lipinski definition) is 4. The highest BCUT2D eigenvalue weighted by atomic mass is 16.5. The summed E-state index contributed by atoms with van der Waals surface area (Å²) in [6, 6.07) is 5.56. The van der Waals surface area contributed by atoms with Gasteiger partial charge in [-0.15, -0.1) is 0 Å². The predicted octanol–water partition coefficient (Wildman–Crippen LogP) is 0.597. The number of methoxy groups -OCH3 is 1. The zero-order valence-electron chi connectivity index (χ0n) is 10.7. The van der Waals surface area contributed by atoms with Crippen LogP contribution in [0.1, 0.15) is 11.4 Å². The Kier molecular flexibility index (Phi) is 3.47. The first-order valence-corrected chi connectivity index (χ1v) is 5.63. The van der Waals surface area contributed by atoms with Crippen LogP contribution in [0.2, 0.25) is 0 Å². The SMILES string of the molecule is CNCc1n[nH]c(=O)n1-c1ccc(OC)cc1C. The number of aromatic amines is 1.